The Balaban J connectivity index is 2.11. The van der Waals surface area contributed by atoms with Gasteiger partial charge >= 0.3 is 0 Å². The molecule has 0 saturated carbocycles. The summed E-state index contributed by atoms with van der Waals surface area (Å²) in [5.74, 6) is 0.0703. The molecule has 0 unspecified atom stereocenters. The van der Waals surface area contributed by atoms with Crippen molar-refractivity contribution in [1.29, 1.82) is 0 Å². The number of benzene rings is 1. The fourth-order valence-electron chi connectivity index (χ4n) is 1.29. The van der Waals surface area contributed by atoms with Crippen molar-refractivity contribution in [3.05, 3.63) is 47.0 Å². The number of anilines is 1. The van der Waals surface area contributed by atoms with Crippen LogP contribution in [0.1, 0.15) is 16.1 Å². The Hall–Kier alpha value is -1.68. The average molecular weight is 218 g/mol. The molecule has 0 fully saturated rings. The van der Waals surface area contributed by atoms with Gasteiger partial charge in [0.2, 0.25) is 0 Å². The van der Waals surface area contributed by atoms with Gasteiger partial charge in [0.1, 0.15) is 0 Å². The van der Waals surface area contributed by atoms with E-state index >= 15 is 0 Å². The van der Waals surface area contributed by atoms with E-state index in [0.717, 1.165) is 5.69 Å². The number of aromatic nitrogens is 1. The van der Waals surface area contributed by atoms with E-state index in [1.165, 1.54) is 11.3 Å². The van der Waals surface area contributed by atoms with E-state index < -0.39 is 0 Å². The Kier molecular flexibility index (Phi) is 2.78. The molecule has 0 amide bonds. The first-order valence-corrected chi connectivity index (χ1v) is 5.42. The van der Waals surface area contributed by atoms with E-state index in [1.54, 1.807) is 12.1 Å². The van der Waals surface area contributed by atoms with Gasteiger partial charge in [-0.25, -0.2) is 4.98 Å². The highest BCUT2D eigenvalue weighted by Crippen LogP contribution is 2.13. The number of carbonyl (C=O) groups is 1. The lowest BCUT2D eigenvalue weighted by Crippen LogP contribution is -2.03. The minimum absolute atomic E-state index is 0.0703. The quantitative estimate of drug-likeness (QED) is 0.803. The molecule has 1 aromatic carbocycles. The van der Waals surface area contributed by atoms with Gasteiger partial charge in [-0.2, -0.15) is 0 Å². The zero-order valence-electron chi connectivity index (χ0n) is 8.01. The summed E-state index contributed by atoms with van der Waals surface area (Å²) in [4.78, 5) is 15.8. The summed E-state index contributed by atoms with van der Waals surface area (Å²) in [6.45, 7) is 0. The van der Waals surface area contributed by atoms with Gasteiger partial charge < -0.3 is 5.73 Å². The number of nitrogen functional groups attached to an aromatic ring is 1. The third-order valence-corrected chi connectivity index (χ3v) is 2.73. The first kappa shape index (κ1) is 9.86. The van der Waals surface area contributed by atoms with Crippen LogP contribution in [0, 0.1) is 0 Å². The average Bonchev–Trinajstić information content (AvgIpc) is 2.65. The summed E-state index contributed by atoms with van der Waals surface area (Å²) in [7, 11) is 0. The molecular weight excluding hydrogens is 208 g/mol. The second kappa shape index (κ2) is 4.23. The summed E-state index contributed by atoms with van der Waals surface area (Å²) in [6, 6.07) is 9.19. The van der Waals surface area contributed by atoms with Crippen LogP contribution in [0.3, 0.4) is 0 Å². The monoisotopic (exact) mass is 218 g/mol. The van der Waals surface area contributed by atoms with Gasteiger partial charge in [-0.3, -0.25) is 4.79 Å². The summed E-state index contributed by atoms with van der Waals surface area (Å²) < 4.78 is 0. The molecule has 1 heterocycles. The van der Waals surface area contributed by atoms with E-state index in [9.17, 15) is 4.79 Å². The number of nitrogens with zero attached hydrogens (tertiary/aromatic N) is 1. The number of carbonyl (C=O) groups excluding carboxylic acids is 1. The normalized spacial score (nSPS) is 10.1. The van der Waals surface area contributed by atoms with Crippen LogP contribution in [-0.4, -0.2) is 10.8 Å². The van der Waals surface area contributed by atoms with Crippen LogP contribution in [0.5, 0.6) is 0 Å². The molecule has 2 N–H and O–H groups in total. The molecule has 4 heteroatoms. The SMILES string of the molecule is Nc1nc(CC(=O)c2ccccc2)cs1. The lowest BCUT2D eigenvalue weighted by molar-refractivity contribution is 0.0992. The van der Waals surface area contributed by atoms with Gasteiger partial charge in [0.15, 0.2) is 10.9 Å². The van der Waals surface area contributed by atoms with E-state index in [0.29, 0.717) is 17.1 Å². The summed E-state index contributed by atoms with van der Waals surface area (Å²) in [5.41, 5.74) is 6.94. The van der Waals surface area contributed by atoms with E-state index in [1.807, 2.05) is 23.6 Å². The second-order valence-electron chi connectivity index (χ2n) is 3.14. The van der Waals surface area contributed by atoms with Crippen molar-refractivity contribution in [2.75, 3.05) is 5.73 Å². The Morgan fingerprint density at radius 1 is 1.33 bits per heavy atom. The lowest BCUT2D eigenvalue weighted by atomic mass is 10.1. The molecule has 0 bridgehead atoms. The van der Waals surface area contributed by atoms with Crippen molar-refractivity contribution in [3.8, 4) is 0 Å². The van der Waals surface area contributed by atoms with Crippen LogP contribution in [0.25, 0.3) is 0 Å². The third kappa shape index (κ3) is 2.41. The highest BCUT2D eigenvalue weighted by molar-refractivity contribution is 7.13. The number of Topliss-reactive ketones (excluding diaryl/α,β-unsaturated/α-hetero) is 1. The molecule has 1 aromatic heterocycles. The fourth-order valence-corrected chi connectivity index (χ4v) is 1.86. The van der Waals surface area contributed by atoms with Gasteiger partial charge in [-0.15, -0.1) is 11.3 Å². The molecule has 76 valence electrons. The number of ketones is 1. The molecule has 3 nitrogen and oxygen atoms in total. The van der Waals surface area contributed by atoms with E-state index in [4.69, 9.17) is 5.73 Å². The lowest BCUT2D eigenvalue weighted by Gasteiger charge is -1.97. The predicted octanol–water partition coefficient (Wildman–Crippen LogP) is 2.15. The van der Waals surface area contributed by atoms with Crippen LogP contribution in [0.2, 0.25) is 0 Å². The third-order valence-electron chi connectivity index (χ3n) is 2.01. The smallest absolute Gasteiger partial charge is 0.180 e. The highest BCUT2D eigenvalue weighted by atomic mass is 32.1. The van der Waals surface area contributed by atoms with Gasteiger partial charge in [-0.1, -0.05) is 30.3 Å². The van der Waals surface area contributed by atoms with Crippen LogP contribution in [-0.2, 0) is 6.42 Å². The largest absolute Gasteiger partial charge is 0.375 e. The van der Waals surface area contributed by atoms with Crippen LogP contribution in [0.4, 0.5) is 5.13 Å². The number of hydrogen-bond acceptors (Lipinski definition) is 4. The Labute approximate surface area is 91.6 Å². The molecule has 0 aliphatic rings. The second-order valence-corrected chi connectivity index (χ2v) is 4.03. The van der Waals surface area contributed by atoms with Crippen molar-refractivity contribution in [1.82, 2.24) is 4.98 Å². The maximum Gasteiger partial charge on any atom is 0.180 e. The Morgan fingerprint density at radius 2 is 2.07 bits per heavy atom. The highest BCUT2D eigenvalue weighted by Gasteiger charge is 2.08. The molecule has 0 saturated heterocycles. The Morgan fingerprint density at radius 3 is 2.67 bits per heavy atom. The number of rotatable bonds is 3. The maximum absolute atomic E-state index is 11.7. The van der Waals surface area contributed by atoms with Gasteiger partial charge in [0, 0.05) is 10.9 Å². The first-order valence-electron chi connectivity index (χ1n) is 4.54. The van der Waals surface area contributed by atoms with Crippen molar-refractivity contribution >= 4 is 22.3 Å². The minimum atomic E-state index is 0.0703. The minimum Gasteiger partial charge on any atom is -0.375 e. The van der Waals surface area contributed by atoms with Crippen molar-refractivity contribution in [3.63, 3.8) is 0 Å². The van der Waals surface area contributed by atoms with Crippen molar-refractivity contribution in [2.45, 2.75) is 6.42 Å². The number of hydrogen-bond donors (Lipinski definition) is 1. The van der Waals surface area contributed by atoms with E-state index in [-0.39, 0.29) is 5.78 Å². The molecule has 2 aromatic rings. The van der Waals surface area contributed by atoms with Gasteiger partial charge in [-0.05, 0) is 0 Å². The molecule has 0 atom stereocenters. The molecule has 0 spiro atoms. The fraction of sp³-hybridized carbons (Fsp3) is 0.0909. The standard InChI is InChI=1S/C11H10N2OS/c12-11-13-9(7-15-11)6-10(14)8-4-2-1-3-5-8/h1-5,7H,6H2,(H2,12,13). The van der Waals surface area contributed by atoms with Crippen LogP contribution < -0.4 is 5.73 Å². The zero-order valence-corrected chi connectivity index (χ0v) is 8.83. The van der Waals surface area contributed by atoms with Crippen molar-refractivity contribution < 1.29 is 4.79 Å². The Bertz CT molecular complexity index is 464. The molecule has 2 rings (SSSR count). The molecule has 0 aliphatic carbocycles. The topological polar surface area (TPSA) is 56.0 Å². The van der Waals surface area contributed by atoms with Gasteiger partial charge in [0.05, 0.1) is 12.1 Å². The number of thiazole rings is 1. The molecule has 0 aliphatic heterocycles. The van der Waals surface area contributed by atoms with Crippen molar-refractivity contribution in [2.24, 2.45) is 0 Å². The number of nitrogens with two attached hydrogens (primary N) is 1. The first-order chi connectivity index (χ1) is 7.25. The molecule has 0 radical (unpaired) electrons. The zero-order chi connectivity index (χ0) is 10.7. The van der Waals surface area contributed by atoms with Crippen LogP contribution in [0.15, 0.2) is 35.7 Å². The molecule has 15 heavy (non-hydrogen) atoms. The van der Waals surface area contributed by atoms with Gasteiger partial charge in [0.25, 0.3) is 0 Å². The van der Waals surface area contributed by atoms with Crippen LogP contribution >= 0.6 is 11.3 Å². The summed E-state index contributed by atoms with van der Waals surface area (Å²) in [6.07, 6.45) is 0.317. The molecular formula is C11H10N2OS. The van der Waals surface area contributed by atoms with E-state index in [2.05, 4.69) is 4.98 Å². The predicted molar refractivity (Wildman–Crippen MR) is 61.0 cm³/mol. The summed E-state index contributed by atoms with van der Waals surface area (Å²) in [5, 5.41) is 2.32. The maximum atomic E-state index is 11.7. The summed E-state index contributed by atoms with van der Waals surface area (Å²) >= 11 is 1.36.